The number of hydrogen-bond donors (Lipinski definition) is 1. The van der Waals surface area contributed by atoms with Gasteiger partial charge in [-0.1, -0.05) is 50.1 Å². The summed E-state index contributed by atoms with van der Waals surface area (Å²) in [6, 6.07) is 10.2. The van der Waals surface area contributed by atoms with Crippen LogP contribution in [0.5, 0.6) is 0 Å². The van der Waals surface area contributed by atoms with Gasteiger partial charge in [0, 0.05) is 25.0 Å². The minimum Gasteiger partial charge on any atom is -0.338 e. The van der Waals surface area contributed by atoms with Gasteiger partial charge in [0.2, 0.25) is 5.91 Å². The van der Waals surface area contributed by atoms with Gasteiger partial charge in [-0.05, 0) is 24.8 Å². The Kier molecular flexibility index (Phi) is 5.18. The minimum absolute atomic E-state index is 0.208. The highest BCUT2D eigenvalue weighted by Crippen LogP contribution is 2.30. The molecule has 1 aromatic carbocycles. The van der Waals surface area contributed by atoms with E-state index in [0.29, 0.717) is 13.0 Å². The molecule has 0 unspecified atom stereocenters. The topological polar surface area (TPSA) is 46.3 Å². The number of nitrogens with two attached hydrogens (primary N) is 1. The third kappa shape index (κ3) is 4.07. The lowest BCUT2D eigenvalue weighted by Crippen LogP contribution is -2.43. The molecule has 0 saturated heterocycles. The first-order valence-electron chi connectivity index (χ1n) is 7.73. The molecule has 1 aromatic rings. The molecule has 2 rings (SSSR count). The summed E-state index contributed by atoms with van der Waals surface area (Å²) in [5.41, 5.74) is 7.28. The van der Waals surface area contributed by atoms with Crippen molar-refractivity contribution in [1.82, 2.24) is 4.90 Å². The smallest absolute Gasteiger partial charge is 0.224 e. The Morgan fingerprint density at radius 2 is 1.90 bits per heavy atom. The van der Waals surface area contributed by atoms with E-state index in [2.05, 4.69) is 19.1 Å². The zero-order chi connectivity index (χ0) is 14.4. The fraction of sp³-hybridized carbons (Fsp3) is 0.588. The fourth-order valence-corrected chi connectivity index (χ4v) is 3.03. The molecule has 1 fully saturated rings. The number of carbonyl (C=O) groups is 1. The Morgan fingerprint density at radius 1 is 1.25 bits per heavy atom. The van der Waals surface area contributed by atoms with Crippen LogP contribution in [-0.2, 0) is 11.3 Å². The molecule has 2 N–H and O–H groups in total. The van der Waals surface area contributed by atoms with Gasteiger partial charge >= 0.3 is 0 Å². The van der Waals surface area contributed by atoms with Gasteiger partial charge in [0.1, 0.15) is 0 Å². The first-order chi connectivity index (χ1) is 9.63. The molecule has 20 heavy (non-hydrogen) atoms. The summed E-state index contributed by atoms with van der Waals surface area (Å²) in [4.78, 5) is 14.5. The van der Waals surface area contributed by atoms with Crippen molar-refractivity contribution >= 4 is 5.91 Å². The van der Waals surface area contributed by atoms with Crippen LogP contribution in [-0.4, -0.2) is 22.9 Å². The van der Waals surface area contributed by atoms with Gasteiger partial charge < -0.3 is 10.6 Å². The van der Waals surface area contributed by atoms with Crippen LogP contribution in [0.4, 0.5) is 0 Å². The molecule has 3 heteroatoms. The maximum atomic E-state index is 12.5. The molecular formula is C17H26N2O. The normalized spacial score (nSPS) is 17.1. The molecular weight excluding hydrogens is 248 g/mol. The summed E-state index contributed by atoms with van der Waals surface area (Å²) in [5, 5.41) is 0. The van der Waals surface area contributed by atoms with Crippen LogP contribution in [0.1, 0.15) is 51.0 Å². The summed E-state index contributed by atoms with van der Waals surface area (Å²) in [6.07, 6.45) is 5.79. The highest BCUT2D eigenvalue weighted by molar-refractivity contribution is 5.77. The number of nitrogens with zero attached hydrogens (tertiary/aromatic N) is 1. The van der Waals surface area contributed by atoms with E-state index >= 15 is 0 Å². The van der Waals surface area contributed by atoms with Crippen LogP contribution < -0.4 is 5.73 Å². The second-order valence-electron chi connectivity index (χ2n) is 6.05. The largest absolute Gasteiger partial charge is 0.338 e. The predicted octanol–water partition coefficient (Wildman–Crippen LogP) is 3.09. The lowest BCUT2D eigenvalue weighted by Gasteiger charge is -2.28. The van der Waals surface area contributed by atoms with Gasteiger partial charge in [0.25, 0.3) is 0 Å². The van der Waals surface area contributed by atoms with Crippen LogP contribution in [0.15, 0.2) is 30.3 Å². The number of amides is 1. The zero-order valence-corrected chi connectivity index (χ0v) is 12.5. The zero-order valence-electron chi connectivity index (χ0n) is 12.5. The van der Waals surface area contributed by atoms with Gasteiger partial charge in [-0.25, -0.2) is 0 Å². The average molecular weight is 274 g/mol. The van der Waals surface area contributed by atoms with Crippen molar-refractivity contribution in [3.8, 4) is 0 Å². The Bertz CT molecular complexity index is 424. The Hall–Kier alpha value is -1.35. The Morgan fingerprint density at radius 3 is 2.50 bits per heavy atom. The molecule has 0 radical (unpaired) electrons. The predicted molar refractivity (Wildman–Crippen MR) is 82.2 cm³/mol. The molecule has 1 aliphatic carbocycles. The van der Waals surface area contributed by atoms with Crippen molar-refractivity contribution < 1.29 is 4.79 Å². The third-order valence-corrected chi connectivity index (χ3v) is 4.17. The lowest BCUT2D eigenvalue weighted by atomic mass is 9.94. The average Bonchev–Trinajstić information content (AvgIpc) is 2.86. The summed E-state index contributed by atoms with van der Waals surface area (Å²) in [7, 11) is 0. The fourth-order valence-electron chi connectivity index (χ4n) is 3.03. The van der Waals surface area contributed by atoms with Gasteiger partial charge in [0.15, 0.2) is 0 Å². The van der Waals surface area contributed by atoms with E-state index in [1.54, 1.807) is 0 Å². The number of hydrogen-bond acceptors (Lipinski definition) is 2. The summed E-state index contributed by atoms with van der Waals surface area (Å²) in [5.74, 6) is 0.208. The summed E-state index contributed by atoms with van der Waals surface area (Å²) in [6.45, 7) is 3.62. The van der Waals surface area contributed by atoms with E-state index in [1.165, 1.54) is 5.56 Å². The standard InChI is InChI=1S/C17H26N2O/c1-2-12-19(14-15-8-4-3-5-9-15)16(20)13-17(18)10-6-7-11-17/h3-5,8-9H,2,6-7,10-14,18H2,1H3. The van der Waals surface area contributed by atoms with Crippen molar-refractivity contribution in [3.05, 3.63) is 35.9 Å². The Labute approximate surface area is 122 Å². The molecule has 0 spiro atoms. The van der Waals surface area contributed by atoms with Gasteiger partial charge in [-0.2, -0.15) is 0 Å². The molecule has 0 aliphatic heterocycles. The van der Waals surface area contributed by atoms with E-state index in [9.17, 15) is 4.79 Å². The molecule has 3 nitrogen and oxygen atoms in total. The number of rotatable bonds is 6. The maximum Gasteiger partial charge on any atom is 0.224 e. The van der Waals surface area contributed by atoms with E-state index in [1.807, 2.05) is 23.1 Å². The van der Waals surface area contributed by atoms with E-state index in [0.717, 1.165) is 38.6 Å². The van der Waals surface area contributed by atoms with Crippen LogP contribution in [0.3, 0.4) is 0 Å². The molecule has 1 aliphatic rings. The maximum absolute atomic E-state index is 12.5. The van der Waals surface area contributed by atoms with Crippen molar-refractivity contribution in [2.45, 2.75) is 57.5 Å². The molecule has 0 atom stereocenters. The monoisotopic (exact) mass is 274 g/mol. The highest BCUT2D eigenvalue weighted by atomic mass is 16.2. The summed E-state index contributed by atoms with van der Waals surface area (Å²) < 4.78 is 0. The SMILES string of the molecule is CCCN(Cc1ccccc1)C(=O)CC1(N)CCCC1. The molecule has 0 heterocycles. The first kappa shape index (κ1) is 15.0. The van der Waals surface area contributed by atoms with Gasteiger partial charge in [-0.15, -0.1) is 0 Å². The van der Waals surface area contributed by atoms with Crippen molar-refractivity contribution in [1.29, 1.82) is 0 Å². The van der Waals surface area contributed by atoms with Crippen molar-refractivity contribution in [2.75, 3.05) is 6.54 Å². The van der Waals surface area contributed by atoms with Crippen LogP contribution in [0, 0.1) is 0 Å². The number of carbonyl (C=O) groups excluding carboxylic acids is 1. The van der Waals surface area contributed by atoms with Gasteiger partial charge in [0.05, 0.1) is 0 Å². The van der Waals surface area contributed by atoms with Crippen molar-refractivity contribution in [3.63, 3.8) is 0 Å². The quantitative estimate of drug-likeness (QED) is 0.866. The van der Waals surface area contributed by atoms with Crippen LogP contribution in [0.25, 0.3) is 0 Å². The molecule has 1 saturated carbocycles. The lowest BCUT2D eigenvalue weighted by molar-refractivity contribution is -0.133. The van der Waals surface area contributed by atoms with Crippen LogP contribution in [0.2, 0.25) is 0 Å². The molecule has 0 aromatic heterocycles. The van der Waals surface area contributed by atoms with E-state index in [-0.39, 0.29) is 11.4 Å². The molecule has 1 amide bonds. The van der Waals surface area contributed by atoms with Crippen molar-refractivity contribution in [2.24, 2.45) is 5.73 Å². The molecule has 0 bridgehead atoms. The second kappa shape index (κ2) is 6.89. The van der Waals surface area contributed by atoms with E-state index in [4.69, 9.17) is 5.73 Å². The highest BCUT2D eigenvalue weighted by Gasteiger charge is 2.33. The van der Waals surface area contributed by atoms with Crippen LogP contribution >= 0.6 is 0 Å². The third-order valence-electron chi connectivity index (χ3n) is 4.17. The first-order valence-corrected chi connectivity index (χ1v) is 7.73. The minimum atomic E-state index is -0.250. The van der Waals surface area contributed by atoms with Gasteiger partial charge in [-0.3, -0.25) is 4.79 Å². The van der Waals surface area contributed by atoms with E-state index < -0.39 is 0 Å². The Balaban J connectivity index is 1.98. The number of benzene rings is 1. The molecule has 110 valence electrons. The summed E-state index contributed by atoms with van der Waals surface area (Å²) >= 11 is 0. The second-order valence-corrected chi connectivity index (χ2v) is 6.05.